The van der Waals surface area contributed by atoms with E-state index < -0.39 is 0 Å². The third kappa shape index (κ3) is 2.56. The van der Waals surface area contributed by atoms with Gasteiger partial charge in [-0.25, -0.2) is 9.97 Å². The summed E-state index contributed by atoms with van der Waals surface area (Å²) in [4.78, 5) is 7.72. The highest BCUT2D eigenvalue weighted by molar-refractivity contribution is 5.07. The lowest BCUT2D eigenvalue weighted by Crippen LogP contribution is -2.11. The summed E-state index contributed by atoms with van der Waals surface area (Å²) in [6.45, 7) is 0.182. The van der Waals surface area contributed by atoms with Gasteiger partial charge >= 0.3 is 0 Å². The van der Waals surface area contributed by atoms with Gasteiger partial charge in [-0.15, -0.1) is 0 Å². The second-order valence-electron chi connectivity index (χ2n) is 2.64. The molecule has 4 heteroatoms. The van der Waals surface area contributed by atoms with Gasteiger partial charge in [-0.05, 0) is 12.8 Å². The molecule has 0 aliphatic carbocycles. The van der Waals surface area contributed by atoms with Gasteiger partial charge in [-0.2, -0.15) is 0 Å². The monoisotopic (exact) mass is 167 g/mol. The van der Waals surface area contributed by atoms with Gasteiger partial charge in [0.1, 0.15) is 6.33 Å². The van der Waals surface area contributed by atoms with Crippen molar-refractivity contribution in [1.29, 1.82) is 0 Å². The number of rotatable bonds is 4. The maximum absolute atomic E-state index is 8.58. The van der Waals surface area contributed by atoms with Gasteiger partial charge in [-0.1, -0.05) is 0 Å². The second-order valence-corrected chi connectivity index (χ2v) is 2.64. The lowest BCUT2D eigenvalue weighted by molar-refractivity contribution is 0.280. The van der Waals surface area contributed by atoms with Crippen molar-refractivity contribution in [2.45, 2.75) is 18.9 Å². The van der Waals surface area contributed by atoms with Crippen LogP contribution in [-0.2, 0) is 0 Å². The van der Waals surface area contributed by atoms with Gasteiger partial charge in [0.2, 0.25) is 0 Å². The number of aromatic nitrogens is 2. The first-order valence-electron chi connectivity index (χ1n) is 3.96. The van der Waals surface area contributed by atoms with Crippen LogP contribution in [0.4, 0.5) is 0 Å². The molecule has 0 spiro atoms. The predicted molar refractivity (Wildman–Crippen MR) is 45.3 cm³/mol. The van der Waals surface area contributed by atoms with E-state index >= 15 is 0 Å². The van der Waals surface area contributed by atoms with Crippen LogP contribution in [-0.4, -0.2) is 21.7 Å². The lowest BCUT2D eigenvalue weighted by Gasteiger charge is -2.08. The molecular weight excluding hydrogens is 154 g/mol. The Morgan fingerprint density at radius 1 is 1.42 bits per heavy atom. The minimum Gasteiger partial charge on any atom is -0.396 e. The fourth-order valence-corrected chi connectivity index (χ4v) is 0.980. The first-order valence-corrected chi connectivity index (χ1v) is 3.96. The van der Waals surface area contributed by atoms with Gasteiger partial charge in [-0.3, -0.25) is 0 Å². The van der Waals surface area contributed by atoms with Crippen molar-refractivity contribution >= 4 is 0 Å². The zero-order valence-corrected chi connectivity index (χ0v) is 6.85. The minimum absolute atomic E-state index is 0.0571. The SMILES string of the molecule is N[C@@H](CCCO)c1cncnc1. The van der Waals surface area contributed by atoms with E-state index in [4.69, 9.17) is 10.8 Å². The molecule has 0 aliphatic rings. The lowest BCUT2D eigenvalue weighted by atomic mass is 10.1. The number of nitrogens with zero attached hydrogens (tertiary/aromatic N) is 2. The smallest absolute Gasteiger partial charge is 0.115 e. The maximum atomic E-state index is 8.58. The van der Waals surface area contributed by atoms with Crippen molar-refractivity contribution in [1.82, 2.24) is 9.97 Å². The Hall–Kier alpha value is -1.00. The van der Waals surface area contributed by atoms with Crippen molar-refractivity contribution in [3.8, 4) is 0 Å². The summed E-state index contributed by atoms with van der Waals surface area (Å²) >= 11 is 0. The fourth-order valence-electron chi connectivity index (χ4n) is 0.980. The summed E-state index contributed by atoms with van der Waals surface area (Å²) in [5.41, 5.74) is 6.71. The molecule has 0 bridgehead atoms. The van der Waals surface area contributed by atoms with Crippen molar-refractivity contribution in [2.24, 2.45) is 5.73 Å². The predicted octanol–water partition coefficient (Wildman–Crippen LogP) is 0.249. The Labute approximate surface area is 71.5 Å². The molecule has 0 aliphatic heterocycles. The molecule has 0 saturated heterocycles. The van der Waals surface area contributed by atoms with Crippen molar-refractivity contribution in [3.63, 3.8) is 0 Å². The van der Waals surface area contributed by atoms with Crippen molar-refractivity contribution in [3.05, 3.63) is 24.3 Å². The largest absolute Gasteiger partial charge is 0.396 e. The molecule has 0 amide bonds. The Kier molecular flexibility index (Phi) is 3.63. The quantitative estimate of drug-likeness (QED) is 0.674. The Morgan fingerprint density at radius 3 is 2.67 bits per heavy atom. The summed E-state index contributed by atoms with van der Waals surface area (Å²) in [6.07, 6.45) is 6.37. The maximum Gasteiger partial charge on any atom is 0.115 e. The van der Waals surface area contributed by atoms with Gasteiger partial charge in [0.05, 0.1) is 0 Å². The highest BCUT2D eigenvalue weighted by atomic mass is 16.2. The number of aliphatic hydroxyl groups is 1. The first-order chi connectivity index (χ1) is 5.84. The standard InChI is InChI=1S/C8H13N3O/c9-8(2-1-3-12)7-4-10-6-11-5-7/h4-6,8,12H,1-3,9H2/t8-/m0/s1. The van der Waals surface area contributed by atoms with E-state index in [2.05, 4.69) is 9.97 Å². The molecule has 1 aromatic heterocycles. The fraction of sp³-hybridized carbons (Fsp3) is 0.500. The molecule has 1 atom stereocenters. The topological polar surface area (TPSA) is 72.0 Å². The van der Waals surface area contributed by atoms with Gasteiger partial charge in [0.25, 0.3) is 0 Å². The average Bonchev–Trinajstić information content (AvgIpc) is 2.15. The Morgan fingerprint density at radius 2 is 2.08 bits per heavy atom. The molecule has 0 unspecified atom stereocenters. The molecule has 1 heterocycles. The van der Waals surface area contributed by atoms with Crippen LogP contribution in [0.3, 0.4) is 0 Å². The van der Waals surface area contributed by atoms with E-state index in [0.717, 1.165) is 18.4 Å². The number of hydrogen-bond acceptors (Lipinski definition) is 4. The third-order valence-corrected chi connectivity index (χ3v) is 1.68. The Bertz CT molecular complexity index is 215. The number of nitrogens with two attached hydrogens (primary N) is 1. The van der Waals surface area contributed by atoms with E-state index in [1.54, 1.807) is 12.4 Å². The van der Waals surface area contributed by atoms with Crippen molar-refractivity contribution in [2.75, 3.05) is 6.61 Å². The average molecular weight is 167 g/mol. The summed E-state index contributed by atoms with van der Waals surface area (Å²) in [7, 11) is 0. The number of aliphatic hydroxyl groups excluding tert-OH is 1. The van der Waals surface area contributed by atoms with E-state index in [1.165, 1.54) is 6.33 Å². The summed E-state index contributed by atoms with van der Waals surface area (Å²) in [5, 5.41) is 8.58. The third-order valence-electron chi connectivity index (χ3n) is 1.68. The molecule has 12 heavy (non-hydrogen) atoms. The Balaban J connectivity index is 2.48. The van der Waals surface area contributed by atoms with Crippen LogP contribution in [0.2, 0.25) is 0 Å². The highest BCUT2D eigenvalue weighted by Gasteiger charge is 2.04. The van der Waals surface area contributed by atoms with Crippen LogP contribution in [0, 0.1) is 0 Å². The summed E-state index contributed by atoms with van der Waals surface area (Å²) in [5.74, 6) is 0. The molecule has 0 aromatic carbocycles. The zero-order valence-electron chi connectivity index (χ0n) is 6.85. The molecule has 0 fully saturated rings. The normalized spacial score (nSPS) is 12.8. The van der Waals surface area contributed by atoms with Crippen LogP contribution in [0.5, 0.6) is 0 Å². The summed E-state index contributed by atoms with van der Waals surface area (Å²) < 4.78 is 0. The molecule has 4 nitrogen and oxygen atoms in total. The number of hydrogen-bond donors (Lipinski definition) is 2. The molecule has 0 radical (unpaired) electrons. The molecule has 1 aromatic rings. The molecule has 1 rings (SSSR count). The molecule has 3 N–H and O–H groups in total. The van der Waals surface area contributed by atoms with E-state index in [0.29, 0.717) is 0 Å². The highest BCUT2D eigenvalue weighted by Crippen LogP contribution is 2.12. The van der Waals surface area contributed by atoms with Crippen molar-refractivity contribution < 1.29 is 5.11 Å². The minimum atomic E-state index is -0.0571. The molecular formula is C8H13N3O. The zero-order chi connectivity index (χ0) is 8.81. The summed E-state index contributed by atoms with van der Waals surface area (Å²) in [6, 6.07) is -0.0571. The van der Waals surface area contributed by atoms with E-state index in [1.807, 2.05) is 0 Å². The van der Waals surface area contributed by atoms with Crippen LogP contribution in [0.1, 0.15) is 24.4 Å². The van der Waals surface area contributed by atoms with E-state index in [9.17, 15) is 0 Å². The van der Waals surface area contributed by atoms with Crippen LogP contribution >= 0.6 is 0 Å². The molecule has 66 valence electrons. The van der Waals surface area contributed by atoms with Gasteiger partial charge < -0.3 is 10.8 Å². The van der Waals surface area contributed by atoms with Crippen LogP contribution in [0.15, 0.2) is 18.7 Å². The second kappa shape index (κ2) is 4.79. The van der Waals surface area contributed by atoms with Gasteiger partial charge in [0, 0.05) is 30.6 Å². The first kappa shape index (κ1) is 9.09. The van der Waals surface area contributed by atoms with Gasteiger partial charge in [0.15, 0.2) is 0 Å². The van der Waals surface area contributed by atoms with Crippen LogP contribution in [0.25, 0.3) is 0 Å². The van der Waals surface area contributed by atoms with Crippen LogP contribution < -0.4 is 5.73 Å². The van der Waals surface area contributed by atoms with E-state index in [-0.39, 0.29) is 12.6 Å². The molecule has 0 saturated carbocycles.